The summed E-state index contributed by atoms with van der Waals surface area (Å²) in [4.78, 5) is 31.6. The van der Waals surface area contributed by atoms with Crippen LogP contribution in [0.3, 0.4) is 0 Å². The molecule has 4 rings (SSSR count). The molecule has 1 heterocycles. The third-order valence-corrected chi connectivity index (χ3v) is 6.91. The Morgan fingerprint density at radius 1 is 1.06 bits per heavy atom. The number of rotatable bonds is 7. The van der Waals surface area contributed by atoms with Crippen molar-refractivity contribution in [2.75, 3.05) is 20.8 Å². The van der Waals surface area contributed by atoms with Crippen molar-refractivity contribution in [2.45, 2.75) is 44.9 Å². The highest BCUT2D eigenvalue weighted by atomic mass is 35.5. The van der Waals surface area contributed by atoms with Crippen LogP contribution >= 0.6 is 11.6 Å². The first-order valence-electron chi connectivity index (χ1n) is 11.8. The Balaban J connectivity index is 1.76. The summed E-state index contributed by atoms with van der Waals surface area (Å²) in [5, 5.41) is 0.553. The first-order chi connectivity index (χ1) is 16.9. The number of ether oxygens (including phenoxy) is 3. The minimum absolute atomic E-state index is 0.0134. The third kappa shape index (κ3) is 4.98. The molecule has 1 unspecified atom stereocenters. The summed E-state index contributed by atoms with van der Waals surface area (Å²) in [6.07, 6.45) is 1.62. The lowest BCUT2D eigenvalue weighted by Gasteiger charge is -2.36. The first-order valence-corrected chi connectivity index (χ1v) is 12.2. The molecule has 35 heavy (non-hydrogen) atoms. The quantitative estimate of drug-likeness (QED) is 0.448. The lowest BCUT2D eigenvalue weighted by atomic mass is 9.69. The Bertz CT molecular complexity index is 1200. The van der Waals surface area contributed by atoms with Crippen molar-refractivity contribution in [2.24, 2.45) is 10.9 Å². The van der Waals surface area contributed by atoms with Gasteiger partial charge >= 0.3 is 5.97 Å². The highest BCUT2D eigenvalue weighted by Gasteiger charge is 2.44. The smallest absolute Gasteiger partial charge is 0.315 e. The van der Waals surface area contributed by atoms with E-state index in [1.807, 2.05) is 50.2 Å². The SMILES string of the molecule is CCCOC(=O)C1C(C)=NC2=C(C(=O)C[C@H](c3ccc(OC)c(OC)c3)C2)[C@H]1c1cccc(Cl)c1. The zero-order chi connectivity index (χ0) is 25.1. The van der Waals surface area contributed by atoms with E-state index in [1.165, 1.54) is 0 Å². The molecular weight excluding hydrogens is 466 g/mol. The topological polar surface area (TPSA) is 74.2 Å². The minimum atomic E-state index is -0.666. The number of nitrogens with zero attached hydrogens (tertiary/aromatic N) is 1. The fourth-order valence-electron chi connectivity index (χ4n) is 5.06. The normalized spacial score (nSPS) is 21.8. The Morgan fingerprint density at radius 3 is 2.51 bits per heavy atom. The predicted molar refractivity (Wildman–Crippen MR) is 136 cm³/mol. The van der Waals surface area contributed by atoms with Gasteiger partial charge in [0.15, 0.2) is 17.3 Å². The molecule has 1 aliphatic heterocycles. The van der Waals surface area contributed by atoms with E-state index in [2.05, 4.69) is 0 Å². The number of benzene rings is 2. The van der Waals surface area contributed by atoms with E-state index in [-0.39, 0.29) is 17.7 Å². The summed E-state index contributed by atoms with van der Waals surface area (Å²) >= 11 is 6.31. The summed E-state index contributed by atoms with van der Waals surface area (Å²) in [6.45, 7) is 4.11. The number of hydrogen-bond acceptors (Lipinski definition) is 6. The molecule has 6 nitrogen and oxygen atoms in total. The van der Waals surface area contributed by atoms with Crippen LogP contribution in [-0.4, -0.2) is 38.3 Å². The molecule has 0 saturated carbocycles. The van der Waals surface area contributed by atoms with Gasteiger partial charge in [-0.3, -0.25) is 14.6 Å². The van der Waals surface area contributed by atoms with Gasteiger partial charge in [-0.05, 0) is 61.1 Å². The van der Waals surface area contributed by atoms with Gasteiger partial charge in [0.2, 0.25) is 0 Å². The second-order valence-electron chi connectivity index (χ2n) is 8.93. The molecule has 0 radical (unpaired) electrons. The molecule has 0 N–H and O–H groups in total. The monoisotopic (exact) mass is 495 g/mol. The number of methoxy groups -OCH3 is 2. The van der Waals surface area contributed by atoms with Crippen LogP contribution in [0.5, 0.6) is 11.5 Å². The number of halogens is 1. The molecule has 2 aromatic rings. The third-order valence-electron chi connectivity index (χ3n) is 6.68. The molecule has 184 valence electrons. The molecule has 0 aromatic heterocycles. The Kier molecular flexibility index (Phi) is 7.60. The highest BCUT2D eigenvalue weighted by Crippen LogP contribution is 2.47. The number of carbonyl (C=O) groups is 2. The van der Waals surface area contributed by atoms with Crippen molar-refractivity contribution < 1.29 is 23.8 Å². The van der Waals surface area contributed by atoms with Gasteiger partial charge in [0.05, 0.1) is 20.8 Å². The number of Topliss-reactive ketones (excluding diaryl/α,β-unsaturated/α-hetero) is 1. The van der Waals surface area contributed by atoms with Crippen molar-refractivity contribution in [1.29, 1.82) is 0 Å². The van der Waals surface area contributed by atoms with Gasteiger partial charge in [-0.1, -0.05) is 36.7 Å². The van der Waals surface area contributed by atoms with Crippen LogP contribution in [0.4, 0.5) is 0 Å². The maximum atomic E-state index is 13.7. The van der Waals surface area contributed by atoms with E-state index in [9.17, 15) is 9.59 Å². The lowest BCUT2D eigenvalue weighted by molar-refractivity contribution is -0.146. The Hall–Kier alpha value is -3.12. The highest BCUT2D eigenvalue weighted by molar-refractivity contribution is 6.30. The zero-order valence-corrected chi connectivity index (χ0v) is 21.2. The van der Waals surface area contributed by atoms with Crippen molar-refractivity contribution in [1.82, 2.24) is 0 Å². The molecule has 2 aliphatic rings. The maximum absolute atomic E-state index is 13.7. The first kappa shape index (κ1) is 25.0. The van der Waals surface area contributed by atoms with E-state index in [4.69, 9.17) is 30.8 Å². The largest absolute Gasteiger partial charge is 0.493 e. The molecule has 1 aliphatic carbocycles. The van der Waals surface area contributed by atoms with E-state index < -0.39 is 11.8 Å². The van der Waals surface area contributed by atoms with Crippen LogP contribution in [0.2, 0.25) is 5.02 Å². The summed E-state index contributed by atoms with van der Waals surface area (Å²) in [7, 11) is 3.19. The molecule has 0 fully saturated rings. The summed E-state index contributed by atoms with van der Waals surface area (Å²) in [5.41, 5.74) is 3.77. The molecule has 7 heteroatoms. The molecule has 3 atom stereocenters. The molecule has 0 bridgehead atoms. The molecule has 0 saturated heterocycles. The van der Waals surface area contributed by atoms with E-state index in [0.717, 1.165) is 23.2 Å². The van der Waals surface area contributed by atoms with Crippen LogP contribution in [-0.2, 0) is 14.3 Å². The zero-order valence-electron chi connectivity index (χ0n) is 20.5. The van der Waals surface area contributed by atoms with Crippen LogP contribution < -0.4 is 9.47 Å². The number of allylic oxidation sites excluding steroid dienone is 2. The van der Waals surface area contributed by atoms with Crippen LogP contribution in [0, 0.1) is 5.92 Å². The van der Waals surface area contributed by atoms with Crippen LogP contribution in [0.1, 0.15) is 56.1 Å². The average Bonchev–Trinajstić information content (AvgIpc) is 2.85. The van der Waals surface area contributed by atoms with Crippen LogP contribution in [0.15, 0.2) is 58.7 Å². The van der Waals surface area contributed by atoms with E-state index in [1.54, 1.807) is 20.3 Å². The molecular formula is C28H30ClNO5. The van der Waals surface area contributed by atoms with Gasteiger partial charge in [0.1, 0.15) is 5.92 Å². The molecule has 0 amide bonds. The van der Waals surface area contributed by atoms with Gasteiger partial charge in [-0.15, -0.1) is 0 Å². The number of ketones is 1. The van der Waals surface area contributed by atoms with Crippen molar-refractivity contribution in [3.8, 4) is 11.5 Å². The van der Waals surface area contributed by atoms with Gasteiger partial charge in [-0.2, -0.15) is 0 Å². The second kappa shape index (κ2) is 10.6. The van der Waals surface area contributed by atoms with E-state index >= 15 is 0 Å². The van der Waals surface area contributed by atoms with Crippen molar-refractivity contribution in [3.63, 3.8) is 0 Å². The summed E-state index contributed by atoms with van der Waals surface area (Å²) in [6, 6.07) is 13.1. The molecule has 0 spiro atoms. The maximum Gasteiger partial charge on any atom is 0.315 e. The average molecular weight is 496 g/mol. The van der Waals surface area contributed by atoms with Crippen molar-refractivity contribution >= 4 is 29.1 Å². The lowest BCUT2D eigenvalue weighted by Crippen LogP contribution is -2.38. The number of aliphatic imine (C=N–C) groups is 1. The number of carbonyl (C=O) groups excluding carboxylic acids is 2. The summed E-state index contributed by atoms with van der Waals surface area (Å²) < 4.78 is 16.3. The van der Waals surface area contributed by atoms with Gasteiger partial charge in [0.25, 0.3) is 0 Å². The standard InChI is InChI=1S/C28H30ClNO5/c1-5-11-35-28(32)25-16(2)30-21-13-19(17-9-10-23(33-3)24(15-17)34-4)14-22(31)27(21)26(25)18-7-6-8-20(29)12-18/h6-10,12,15,19,25-26H,5,11,13-14H2,1-4H3/t19-,25?,26+/m1/s1. The summed E-state index contributed by atoms with van der Waals surface area (Å²) in [5.74, 6) is -0.318. The van der Waals surface area contributed by atoms with Crippen LogP contribution in [0.25, 0.3) is 0 Å². The number of hydrogen-bond donors (Lipinski definition) is 0. The second-order valence-corrected chi connectivity index (χ2v) is 9.37. The van der Waals surface area contributed by atoms with E-state index in [0.29, 0.717) is 47.3 Å². The Morgan fingerprint density at radius 2 is 1.83 bits per heavy atom. The van der Waals surface area contributed by atoms with Gasteiger partial charge < -0.3 is 14.2 Å². The predicted octanol–water partition coefficient (Wildman–Crippen LogP) is 5.89. The van der Waals surface area contributed by atoms with Gasteiger partial charge in [-0.25, -0.2) is 0 Å². The fourth-order valence-corrected chi connectivity index (χ4v) is 5.26. The fraction of sp³-hybridized carbons (Fsp3) is 0.393. The minimum Gasteiger partial charge on any atom is -0.493 e. The number of esters is 1. The Labute approximate surface area is 210 Å². The van der Waals surface area contributed by atoms with Crippen molar-refractivity contribution in [3.05, 3.63) is 69.9 Å². The van der Waals surface area contributed by atoms with Gasteiger partial charge in [0, 0.05) is 34.3 Å². The molecule has 2 aromatic carbocycles.